The lowest BCUT2D eigenvalue weighted by molar-refractivity contribution is -0.379. The summed E-state index contributed by atoms with van der Waals surface area (Å²) in [4.78, 5) is 13.5. The van der Waals surface area contributed by atoms with Crippen molar-refractivity contribution in [3.8, 4) is 0 Å². The van der Waals surface area contributed by atoms with Crippen LogP contribution < -0.4 is 5.32 Å². The number of unbranched alkanes of at least 4 members (excludes halogenated alkanes) is 32. The smallest absolute Gasteiger partial charge is 0.220 e. The van der Waals surface area contributed by atoms with Gasteiger partial charge in [0.15, 0.2) is 18.9 Å². The van der Waals surface area contributed by atoms with E-state index < -0.39 is 124 Å². The number of amides is 1. The first-order chi connectivity index (χ1) is 51.8. The number of carbonyl (C=O) groups excluding carboxylic acids is 1. The highest BCUT2D eigenvalue weighted by Crippen LogP contribution is 2.33. The summed E-state index contributed by atoms with van der Waals surface area (Å²) in [5, 5.41) is 121. The fraction of sp³-hybridized carbons (Fsp3) is 0.782. The first-order valence-corrected chi connectivity index (χ1v) is 42.1. The highest BCUT2D eigenvalue weighted by atomic mass is 16.8. The molecule has 17 atom stereocenters. The minimum absolute atomic E-state index is 0.220. The van der Waals surface area contributed by atoms with E-state index in [1.807, 2.05) is 0 Å². The molecule has 3 saturated heterocycles. The van der Waals surface area contributed by atoms with E-state index in [9.17, 15) is 61.0 Å². The van der Waals surface area contributed by atoms with E-state index in [1.54, 1.807) is 0 Å². The lowest BCUT2D eigenvalue weighted by atomic mass is 9.96. The second-order valence-corrected chi connectivity index (χ2v) is 29.6. The molecule has 12 N–H and O–H groups in total. The third-order valence-electron chi connectivity index (χ3n) is 20.4. The maximum Gasteiger partial charge on any atom is 0.220 e. The van der Waals surface area contributed by atoms with Gasteiger partial charge < -0.3 is 89.9 Å². The summed E-state index contributed by atoms with van der Waals surface area (Å²) < 4.78 is 34.5. The van der Waals surface area contributed by atoms with Gasteiger partial charge in [0.1, 0.15) is 73.2 Å². The van der Waals surface area contributed by atoms with E-state index in [1.165, 1.54) is 167 Å². The Morgan fingerprint density at radius 1 is 0.349 bits per heavy atom. The number of hydrogen-bond donors (Lipinski definition) is 12. The largest absolute Gasteiger partial charge is 0.394 e. The highest BCUT2D eigenvalue weighted by Gasteiger charge is 2.54. The van der Waals surface area contributed by atoms with Crippen LogP contribution in [0.2, 0.25) is 0 Å². The van der Waals surface area contributed by atoms with Gasteiger partial charge in [-0.15, -0.1) is 0 Å². The predicted octanol–water partition coefficient (Wildman–Crippen LogP) is 14.9. The molecule has 0 aromatic carbocycles. The topological polar surface area (TPSA) is 307 Å². The summed E-state index contributed by atoms with van der Waals surface area (Å²) in [7, 11) is 0. The van der Waals surface area contributed by atoms with Crippen LogP contribution in [0.5, 0.6) is 0 Å². The molecule has 612 valence electrons. The quantitative estimate of drug-likeness (QED) is 0.0199. The number of aliphatic hydroxyl groups is 11. The van der Waals surface area contributed by atoms with Crippen molar-refractivity contribution in [2.75, 3.05) is 26.4 Å². The van der Waals surface area contributed by atoms with Gasteiger partial charge >= 0.3 is 0 Å². The Balaban J connectivity index is 1.38. The Bertz CT molecular complexity index is 2340. The van der Waals surface area contributed by atoms with Crippen molar-refractivity contribution in [2.45, 2.75) is 407 Å². The van der Waals surface area contributed by atoms with E-state index in [0.29, 0.717) is 19.3 Å². The van der Waals surface area contributed by atoms with Gasteiger partial charge in [-0.3, -0.25) is 4.79 Å². The second-order valence-electron chi connectivity index (χ2n) is 29.6. The normalized spacial score (nSPS) is 26.2. The van der Waals surface area contributed by atoms with Crippen molar-refractivity contribution in [3.05, 3.63) is 109 Å². The molecule has 106 heavy (non-hydrogen) atoms. The Labute approximate surface area is 640 Å². The van der Waals surface area contributed by atoms with Crippen molar-refractivity contribution in [1.29, 1.82) is 0 Å². The van der Waals surface area contributed by atoms with Crippen molar-refractivity contribution in [3.63, 3.8) is 0 Å². The first-order valence-electron chi connectivity index (χ1n) is 42.1. The van der Waals surface area contributed by atoms with Crippen LogP contribution in [-0.4, -0.2) is 193 Å². The van der Waals surface area contributed by atoms with Crippen LogP contribution in [0.4, 0.5) is 0 Å². The molecule has 3 aliphatic heterocycles. The van der Waals surface area contributed by atoms with Crippen LogP contribution in [0.3, 0.4) is 0 Å². The Kier molecular flexibility index (Phi) is 60.3. The van der Waals surface area contributed by atoms with E-state index in [2.05, 4.69) is 129 Å². The van der Waals surface area contributed by atoms with Crippen molar-refractivity contribution >= 4 is 5.91 Å². The van der Waals surface area contributed by atoms with Crippen LogP contribution in [0.15, 0.2) is 109 Å². The molecular weight excluding hydrogens is 1350 g/mol. The maximum atomic E-state index is 13.5. The van der Waals surface area contributed by atoms with Crippen LogP contribution in [0.1, 0.15) is 303 Å². The summed E-state index contributed by atoms with van der Waals surface area (Å²) in [6, 6.07) is -0.916. The Morgan fingerprint density at radius 2 is 0.651 bits per heavy atom. The third kappa shape index (κ3) is 45.1. The van der Waals surface area contributed by atoms with Crippen LogP contribution in [0, 0.1) is 0 Å². The molecule has 1 amide bonds. The third-order valence-corrected chi connectivity index (χ3v) is 20.4. The molecule has 0 radical (unpaired) electrons. The fourth-order valence-electron chi connectivity index (χ4n) is 13.7. The van der Waals surface area contributed by atoms with Gasteiger partial charge in [-0.1, -0.05) is 322 Å². The fourth-order valence-corrected chi connectivity index (χ4v) is 13.7. The zero-order chi connectivity index (χ0) is 76.7. The molecule has 19 heteroatoms. The molecule has 3 heterocycles. The van der Waals surface area contributed by atoms with E-state index in [-0.39, 0.29) is 18.9 Å². The second kappa shape index (κ2) is 66.1. The molecule has 19 nitrogen and oxygen atoms in total. The number of nitrogens with one attached hydrogen (secondary N) is 1. The average molecular weight is 1500 g/mol. The lowest BCUT2D eigenvalue weighted by Crippen LogP contribution is -2.66. The summed E-state index contributed by atoms with van der Waals surface area (Å²) in [6.45, 7) is 1.69. The Morgan fingerprint density at radius 3 is 1.01 bits per heavy atom. The zero-order valence-corrected chi connectivity index (χ0v) is 65.6. The number of ether oxygens (including phenoxy) is 6. The molecule has 3 aliphatic rings. The van der Waals surface area contributed by atoms with Gasteiger partial charge in [-0.2, -0.15) is 0 Å². The molecule has 0 bridgehead atoms. The summed E-state index contributed by atoms with van der Waals surface area (Å²) >= 11 is 0. The van der Waals surface area contributed by atoms with E-state index in [0.717, 1.165) is 96.3 Å². The van der Waals surface area contributed by atoms with Gasteiger partial charge in [-0.25, -0.2) is 0 Å². The minimum atomic E-state index is -1.98. The Hall–Kier alpha value is -3.55. The van der Waals surface area contributed by atoms with Gasteiger partial charge in [0.25, 0.3) is 0 Å². The van der Waals surface area contributed by atoms with Crippen LogP contribution >= 0.6 is 0 Å². The summed E-state index contributed by atoms with van der Waals surface area (Å²) in [5.74, 6) is -0.275. The number of hydrogen-bond acceptors (Lipinski definition) is 18. The van der Waals surface area contributed by atoms with E-state index >= 15 is 0 Å². The van der Waals surface area contributed by atoms with Gasteiger partial charge in [0.2, 0.25) is 5.91 Å². The molecule has 0 aromatic heterocycles. The standard InChI is InChI=1S/C87H151NO18/c1-3-5-7-9-11-13-15-17-19-21-23-25-27-29-31-33-35-37-39-41-43-45-47-49-51-53-55-57-59-61-63-65-75(93)88-70(71(92)64-62-60-58-56-54-52-50-48-46-44-42-40-38-36-34-32-30-28-26-24-22-20-18-16-14-12-10-8-6-4-2)69-101-85-81(99)78(96)83(73(67-90)103-85)106-87-82(100)79(97)84(74(68-91)104-87)105-86-80(98)77(95)76(94)72(66-89)102-86/h5,7,11,13,17,19,23,25,29,31,35,37,41,43,47,49,53,55,70-74,76-87,89-92,94-100H,3-4,6,8-10,12,14-16,18,20-22,24,26-28,30,32-34,36,38-40,42,44-46,48,50-52,54,56-69H2,1-2H3,(H,88,93)/b7-5-,13-11-,19-17-,25-23-,31-29-,37-35-,43-41-,49-47-,55-53-. The summed E-state index contributed by atoms with van der Waals surface area (Å²) in [5.41, 5.74) is 0. The van der Waals surface area contributed by atoms with Crippen LogP contribution in [0.25, 0.3) is 0 Å². The summed E-state index contributed by atoms with van der Waals surface area (Å²) in [6.07, 6.45) is 64.6. The van der Waals surface area contributed by atoms with Gasteiger partial charge in [0.05, 0.1) is 38.6 Å². The molecule has 17 unspecified atom stereocenters. The molecule has 0 aromatic rings. The molecule has 0 aliphatic carbocycles. The molecule has 0 spiro atoms. The van der Waals surface area contributed by atoms with E-state index in [4.69, 9.17) is 28.4 Å². The monoisotopic (exact) mass is 1500 g/mol. The van der Waals surface area contributed by atoms with Crippen molar-refractivity contribution in [2.24, 2.45) is 0 Å². The molecule has 3 rings (SSSR count). The lowest BCUT2D eigenvalue weighted by Gasteiger charge is -2.48. The zero-order valence-electron chi connectivity index (χ0n) is 65.6. The number of rotatable bonds is 66. The van der Waals surface area contributed by atoms with Gasteiger partial charge in [-0.05, 0) is 83.5 Å². The minimum Gasteiger partial charge on any atom is -0.394 e. The highest BCUT2D eigenvalue weighted by molar-refractivity contribution is 5.76. The predicted molar refractivity (Wildman–Crippen MR) is 424 cm³/mol. The SMILES string of the molecule is CC/C=C\C/C=C\C/C=C\C/C=C\C/C=C\C/C=C\C/C=C\C/C=C\C/C=C\CCCCCC(=O)NC(COC1OC(CO)C(OC2OC(CO)C(OC3OC(CO)C(O)C(O)C3O)C(O)C2O)C(O)C1O)C(O)CCCCCCCCCCCCCCCCCCCCCCCCCCCCCCCC. The van der Waals surface area contributed by atoms with Crippen molar-refractivity contribution in [1.82, 2.24) is 5.32 Å². The van der Waals surface area contributed by atoms with Crippen molar-refractivity contribution < 1.29 is 89.4 Å². The van der Waals surface area contributed by atoms with Crippen LogP contribution in [-0.2, 0) is 33.2 Å². The number of allylic oxidation sites excluding steroid dienone is 18. The number of aliphatic hydroxyl groups excluding tert-OH is 11. The molecular formula is C87H151NO18. The van der Waals surface area contributed by atoms with Gasteiger partial charge in [0, 0.05) is 6.42 Å². The maximum absolute atomic E-state index is 13.5. The molecule has 0 saturated carbocycles. The molecule has 3 fully saturated rings. The first kappa shape index (κ1) is 96.6. The number of carbonyl (C=O) groups is 1. The average Bonchev–Trinajstić information content (AvgIpc) is 0.780.